The van der Waals surface area contributed by atoms with E-state index in [1.165, 1.54) is 0 Å². The van der Waals surface area contributed by atoms with Crippen LogP contribution in [0.1, 0.15) is 11.3 Å². The Bertz CT molecular complexity index is 527. The summed E-state index contributed by atoms with van der Waals surface area (Å²) in [4.78, 5) is 0. The molecule has 0 aliphatic carbocycles. The average molecular weight is 238 g/mol. The van der Waals surface area contributed by atoms with Crippen LogP contribution in [0, 0.1) is 13.8 Å². The van der Waals surface area contributed by atoms with Crippen molar-refractivity contribution in [3.8, 4) is 11.3 Å². The Morgan fingerprint density at radius 3 is 2.56 bits per heavy atom. The van der Waals surface area contributed by atoms with Crippen LogP contribution in [0.25, 0.3) is 11.3 Å². The third kappa shape index (κ3) is 1.63. The van der Waals surface area contributed by atoms with Crippen LogP contribution in [0.2, 0.25) is 5.15 Å². The minimum absolute atomic E-state index is 0.348. The van der Waals surface area contributed by atoms with Gasteiger partial charge in [0, 0.05) is 18.7 Å². The highest BCUT2D eigenvalue weighted by molar-refractivity contribution is 6.32. The van der Waals surface area contributed by atoms with Crippen molar-refractivity contribution in [2.75, 3.05) is 5.73 Å². The van der Waals surface area contributed by atoms with Crippen LogP contribution in [0.15, 0.2) is 6.07 Å². The molecule has 0 saturated carbocycles. The molecule has 0 saturated heterocycles. The first kappa shape index (κ1) is 10.9. The highest BCUT2D eigenvalue weighted by atomic mass is 35.5. The van der Waals surface area contributed by atoms with E-state index in [4.69, 9.17) is 17.3 Å². The summed E-state index contributed by atoms with van der Waals surface area (Å²) in [5.74, 6) is 0.583. The van der Waals surface area contributed by atoms with Crippen LogP contribution in [0.5, 0.6) is 0 Å². The summed E-state index contributed by atoms with van der Waals surface area (Å²) in [7, 11) is 1.78. The Balaban J connectivity index is 2.68. The fourth-order valence-corrected chi connectivity index (χ4v) is 1.76. The summed E-state index contributed by atoms with van der Waals surface area (Å²) in [5, 5.41) is 12.5. The van der Waals surface area contributed by atoms with Crippen molar-refractivity contribution in [1.82, 2.24) is 20.0 Å². The molecular weight excluding hydrogens is 226 g/mol. The normalized spacial score (nSPS) is 10.8. The van der Waals surface area contributed by atoms with Crippen molar-refractivity contribution in [2.24, 2.45) is 7.05 Å². The van der Waals surface area contributed by atoms with Gasteiger partial charge in [0.05, 0.1) is 11.4 Å². The molecule has 16 heavy (non-hydrogen) atoms. The largest absolute Gasteiger partial charge is 0.384 e. The highest BCUT2D eigenvalue weighted by Crippen LogP contribution is 2.30. The monoisotopic (exact) mass is 237 g/mol. The number of aromatic nitrogens is 4. The molecule has 2 aromatic rings. The molecule has 0 aliphatic rings. The van der Waals surface area contributed by atoms with Crippen molar-refractivity contribution in [1.29, 1.82) is 0 Å². The van der Waals surface area contributed by atoms with Gasteiger partial charge in [0.15, 0.2) is 5.15 Å². The lowest BCUT2D eigenvalue weighted by Gasteiger charge is -2.05. The van der Waals surface area contributed by atoms with Gasteiger partial charge in [-0.15, -0.1) is 5.10 Å². The lowest BCUT2D eigenvalue weighted by atomic mass is 10.1. The zero-order valence-electron chi connectivity index (χ0n) is 9.32. The molecule has 5 nitrogen and oxygen atoms in total. The van der Waals surface area contributed by atoms with E-state index in [2.05, 4.69) is 15.3 Å². The number of nitrogen functional groups attached to an aromatic ring is 1. The maximum absolute atomic E-state index is 6.03. The van der Waals surface area contributed by atoms with E-state index in [-0.39, 0.29) is 0 Å². The molecule has 0 atom stereocenters. The van der Waals surface area contributed by atoms with Gasteiger partial charge in [-0.25, -0.2) is 0 Å². The molecule has 6 heteroatoms. The van der Waals surface area contributed by atoms with Gasteiger partial charge in [0.1, 0.15) is 5.82 Å². The van der Waals surface area contributed by atoms with E-state index >= 15 is 0 Å². The van der Waals surface area contributed by atoms with E-state index in [1.807, 2.05) is 13.8 Å². The Hall–Kier alpha value is -1.62. The van der Waals surface area contributed by atoms with E-state index < -0.39 is 0 Å². The predicted molar refractivity (Wildman–Crippen MR) is 63.1 cm³/mol. The van der Waals surface area contributed by atoms with Gasteiger partial charge < -0.3 is 5.73 Å². The van der Waals surface area contributed by atoms with Crippen LogP contribution in [0.4, 0.5) is 5.82 Å². The van der Waals surface area contributed by atoms with E-state index in [0.29, 0.717) is 11.0 Å². The molecule has 2 N–H and O–H groups in total. The summed E-state index contributed by atoms with van der Waals surface area (Å²) in [6.45, 7) is 3.82. The first-order chi connectivity index (χ1) is 7.50. The summed E-state index contributed by atoms with van der Waals surface area (Å²) in [5.41, 5.74) is 9.06. The van der Waals surface area contributed by atoms with Gasteiger partial charge >= 0.3 is 0 Å². The molecule has 0 amide bonds. The van der Waals surface area contributed by atoms with Gasteiger partial charge in [0.2, 0.25) is 0 Å². The number of anilines is 1. The Morgan fingerprint density at radius 2 is 2.00 bits per heavy atom. The average Bonchev–Trinajstić information content (AvgIpc) is 2.54. The second-order valence-corrected chi connectivity index (χ2v) is 4.01. The molecular formula is C10H12ClN5. The third-order valence-electron chi connectivity index (χ3n) is 2.58. The lowest BCUT2D eigenvalue weighted by Crippen LogP contribution is -1.98. The molecule has 2 heterocycles. The smallest absolute Gasteiger partial charge is 0.161 e. The summed E-state index contributed by atoms with van der Waals surface area (Å²) < 4.78 is 1.60. The molecule has 0 unspecified atom stereocenters. The Kier molecular flexibility index (Phi) is 2.55. The molecule has 0 spiro atoms. The lowest BCUT2D eigenvalue weighted by molar-refractivity contribution is 0.781. The summed E-state index contributed by atoms with van der Waals surface area (Å²) in [6.07, 6.45) is 0. The maximum Gasteiger partial charge on any atom is 0.161 e. The Labute approximate surface area is 98.2 Å². The summed E-state index contributed by atoms with van der Waals surface area (Å²) in [6, 6.07) is 1.77. The van der Waals surface area contributed by atoms with Crippen molar-refractivity contribution in [3.63, 3.8) is 0 Å². The van der Waals surface area contributed by atoms with Crippen LogP contribution in [-0.2, 0) is 7.05 Å². The van der Waals surface area contributed by atoms with Gasteiger partial charge in [-0.05, 0) is 19.4 Å². The fraction of sp³-hybridized carbons (Fsp3) is 0.300. The third-order valence-corrected chi connectivity index (χ3v) is 2.85. The molecule has 0 aromatic carbocycles. The number of nitrogens with two attached hydrogens (primary N) is 1. The topological polar surface area (TPSA) is 69.6 Å². The first-order valence-corrected chi connectivity index (χ1v) is 5.17. The standard InChI is InChI=1S/C10H12ClN5/c1-5-6(2)13-14-10(11)9(5)7-4-8(12)16(3)15-7/h4H,12H2,1-3H3. The van der Waals surface area contributed by atoms with Crippen LogP contribution >= 0.6 is 11.6 Å². The zero-order chi connectivity index (χ0) is 11.9. The fourth-order valence-electron chi connectivity index (χ4n) is 1.48. The predicted octanol–water partition coefficient (Wildman–Crippen LogP) is 1.73. The molecule has 0 radical (unpaired) electrons. The number of rotatable bonds is 1. The van der Waals surface area contributed by atoms with E-state index in [9.17, 15) is 0 Å². The number of hydrogen-bond donors (Lipinski definition) is 1. The maximum atomic E-state index is 6.03. The molecule has 2 aromatic heterocycles. The van der Waals surface area contributed by atoms with Crippen LogP contribution in [0.3, 0.4) is 0 Å². The molecule has 84 valence electrons. The highest BCUT2D eigenvalue weighted by Gasteiger charge is 2.15. The Morgan fingerprint density at radius 1 is 1.31 bits per heavy atom. The van der Waals surface area contributed by atoms with E-state index in [0.717, 1.165) is 22.5 Å². The van der Waals surface area contributed by atoms with Crippen molar-refractivity contribution in [2.45, 2.75) is 13.8 Å². The van der Waals surface area contributed by atoms with Gasteiger partial charge in [-0.2, -0.15) is 10.2 Å². The van der Waals surface area contributed by atoms with E-state index in [1.54, 1.807) is 17.8 Å². The van der Waals surface area contributed by atoms with Gasteiger partial charge in [-0.3, -0.25) is 4.68 Å². The summed E-state index contributed by atoms with van der Waals surface area (Å²) >= 11 is 6.03. The minimum Gasteiger partial charge on any atom is -0.384 e. The van der Waals surface area contributed by atoms with Crippen LogP contribution in [-0.4, -0.2) is 20.0 Å². The zero-order valence-corrected chi connectivity index (χ0v) is 10.1. The van der Waals surface area contributed by atoms with Crippen molar-refractivity contribution >= 4 is 17.4 Å². The van der Waals surface area contributed by atoms with Crippen molar-refractivity contribution < 1.29 is 0 Å². The van der Waals surface area contributed by atoms with Gasteiger partial charge in [0.25, 0.3) is 0 Å². The number of halogens is 1. The second-order valence-electron chi connectivity index (χ2n) is 3.65. The molecule has 0 aliphatic heterocycles. The van der Waals surface area contributed by atoms with Crippen molar-refractivity contribution in [3.05, 3.63) is 22.5 Å². The second kappa shape index (κ2) is 3.75. The SMILES string of the molecule is Cc1nnc(Cl)c(-c2cc(N)n(C)n2)c1C. The quantitative estimate of drug-likeness (QED) is 0.820. The molecule has 0 fully saturated rings. The van der Waals surface area contributed by atoms with Gasteiger partial charge in [-0.1, -0.05) is 11.6 Å². The molecule has 2 rings (SSSR count). The number of aryl methyl sites for hydroxylation is 2. The number of hydrogen-bond acceptors (Lipinski definition) is 4. The number of nitrogens with zero attached hydrogens (tertiary/aromatic N) is 4. The minimum atomic E-state index is 0.348. The molecule has 0 bridgehead atoms. The first-order valence-electron chi connectivity index (χ1n) is 4.80. The van der Waals surface area contributed by atoms with Crippen LogP contribution < -0.4 is 5.73 Å².